The van der Waals surface area contributed by atoms with Gasteiger partial charge in [0.15, 0.2) is 0 Å². The summed E-state index contributed by atoms with van der Waals surface area (Å²) < 4.78 is 0. The van der Waals surface area contributed by atoms with Crippen LogP contribution in [0, 0.1) is 17.2 Å². The Hall–Kier alpha value is -1.04. The topological polar surface area (TPSA) is 52.9 Å². The second-order valence-electron chi connectivity index (χ2n) is 4.70. The number of nitriles is 1. The number of nitrogens with one attached hydrogen (secondary N) is 1. The van der Waals surface area contributed by atoms with E-state index in [9.17, 15) is 4.79 Å². The average Bonchev–Trinajstić information content (AvgIpc) is 2.30. The smallest absolute Gasteiger partial charge is 0.220 e. The Kier molecular flexibility index (Phi) is 5.92. The Labute approximate surface area is 98.2 Å². The maximum Gasteiger partial charge on any atom is 0.220 e. The highest BCUT2D eigenvalue weighted by Crippen LogP contribution is 2.23. The molecule has 16 heavy (non-hydrogen) atoms. The maximum absolute atomic E-state index is 11.6. The monoisotopic (exact) mass is 222 g/mol. The molecule has 1 aliphatic carbocycles. The van der Waals surface area contributed by atoms with Crippen LogP contribution in [0.25, 0.3) is 0 Å². The van der Waals surface area contributed by atoms with Crippen LogP contribution in [0.1, 0.15) is 58.3 Å². The highest BCUT2D eigenvalue weighted by Gasteiger charge is 2.21. The first kappa shape index (κ1) is 13.0. The van der Waals surface area contributed by atoms with Gasteiger partial charge < -0.3 is 5.32 Å². The third-order valence-electron chi connectivity index (χ3n) is 3.28. The molecular formula is C13H22N2O. The first-order valence-electron chi connectivity index (χ1n) is 6.45. The van der Waals surface area contributed by atoms with Crippen molar-refractivity contribution in [3.8, 4) is 6.07 Å². The van der Waals surface area contributed by atoms with Gasteiger partial charge in [-0.3, -0.25) is 4.79 Å². The number of rotatable bonds is 5. The van der Waals surface area contributed by atoms with Gasteiger partial charge in [-0.05, 0) is 32.1 Å². The second kappa shape index (κ2) is 7.27. The van der Waals surface area contributed by atoms with Crippen molar-refractivity contribution in [3.05, 3.63) is 0 Å². The van der Waals surface area contributed by atoms with E-state index < -0.39 is 0 Å². The van der Waals surface area contributed by atoms with E-state index in [1.54, 1.807) is 0 Å². The van der Waals surface area contributed by atoms with Gasteiger partial charge in [0.05, 0.1) is 6.07 Å². The van der Waals surface area contributed by atoms with Crippen molar-refractivity contribution in [1.29, 1.82) is 5.26 Å². The van der Waals surface area contributed by atoms with Crippen molar-refractivity contribution in [3.63, 3.8) is 0 Å². The van der Waals surface area contributed by atoms with Crippen molar-refractivity contribution in [2.45, 2.75) is 64.3 Å². The summed E-state index contributed by atoms with van der Waals surface area (Å²) in [5.74, 6) is 0.405. The lowest BCUT2D eigenvalue weighted by Gasteiger charge is -2.25. The normalized spacial score (nSPS) is 24.8. The molecule has 1 aliphatic rings. The highest BCUT2D eigenvalue weighted by molar-refractivity contribution is 5.76. The molecule has 0 saturated heterocycles. The van der Waals surface area contributed by atoms with Crippen LogP contribution >= 0.6 is 0 Å². The Morgan fingerprint density at radius 3 is 2.56 bits per heavy atom. The number of unbranched alkanes of at least 4 members (excludes halogenated alkanes) is 2. The summed E-state index contributed by atoms with van der Waals surface area (Å²) in [4.78, 5) is 11.6. The van der Waals surface area contributed by atoms with Crippen LogP contribution in [0.3, 0.4) is 0 Å². The zero-order chi connectivity index (χ0) is 11.8. The standard InChI is InChI=1S/C13H22N2O/c1-2-3-4-5-13(16)15-12-8-6-11(10-14)7-9-12/h11-12H,2-9H2,1H3,(H,15,16). The van der Waals surface area contributed by atoms with E-state index >= 15 is 0 Å². The molecule has 0 radical (unpaired) electrons. The molecule has 1 saturated carbocycles. The fourth-order valence-corrected chi connectivity index (χ4v) is 2.20. The van der Waals surface area contributed by atoms with E-state index in [0.717, 1.165) is 44.9 Å². The molecule has 3 nitrogen and oxygen atoms in total. The summed E-state index contributed by atoms with van der Waals surface area (Å²) in [6.07, 6.45) is 7.76. The minimum absolute atomic E-state index is 0.189. The summed E-state index contributed by atoms with van der Waals surface area (Å²) in [6, 6.07) is 2.63. The molecule has 0 aromatic rings. The summed E-state index contributed by atoms with van der Waals surface area (Å²) in [5.41, 5.74) is 0. The molecule has 0 spiro atoms. The number of carbonyl (C=O) groups is 1. The lowest BCUT2D eigenvalue weighted by Crippen LogP contribution is -2.37. The molecule has 0 aromatic carbocycles. The predicted octanol–water partition coefficient (Wildman–Crippen LogP) is 2.77. The molecule has 1 amide bonds. The van der Waals surface area contributed by atoms with Gasteiger partial charge in [-0.25, -0.2) is 0 Å². The Morgan fingerprint density at radius 1 is 1.31 bits per heavy atom. The molecule has 0 unspecified atom stereocenters. The third kappa shape index (κ3) is 4.65. The van der Waals surface area contributed by atoms with Crippen LogP contribution in [-0.4, -0.2) is 11.9 Å². The summed E-state index contributed by atoms with van der Waals surface area (Å²) >= 11 is 0. The van der Waals surface area contributed by atoms with E-state index in [0.29, 0.717) is 12.5 Å². The molecule has 0 atom stereocenters. The van der Waals surface area contributed by atoms with Gasteiger partial charge in [0.1, 0.15) is 0 Å². The lowest BCUT2D eigenvalue weighted by molar-refractivity contribution is -0.122. The Balaban J connectivity index is 2.13. The van der Waals surface area contributed by atoms with Gasteiger partial charge in [-0.1, -0.05) is 19.8 Å². The van der Waals surface area contributed by atoms with Crippen molar-refractivity contribution >= 4 is 5.91 Å². The molecule has 1 fully saturated rings. The zero-order valence-corrected chi connectivity index (χ0v) is 10.2. The Morgan fingerprint density at radius 2 is 2.00 bits per heavy atom. The van der Waals surface area contributed by atoms with Crippen LogP contribution < -0.4 is 5.32 Å². The minimum atomic E-state index is 0.189. The third-order valence-corrected chi connectivity index (χ3v) is 3.28. The zero-order valence-electron chi connectivity index (χ0n) is 10.2. The van der Waals surface area contributed by atoms with Crippen LogP contribution in [0.15, 0.2) is 0 Å². The fourth-order valence-electron chi connectivity index (χ4n) is 2.20. The molecule has 1 N–H and O–H groups in total. The SMILES string of the molecule is CCCCCC(=O)NC1CCC(C#N)CC1. The number of hydrogen-bond donors (Lipinski definition) is 1. The van der Waals surface area contributed by atoms with Crippen molar-refractivity contribution < 1.29 is 4.79 Å². The minimum Gasteiger partial charge on any atom is -0.353 e. The van der Waals surface area contributed by atoms with E-state index in [4.69, 9.17) is 5.26 Å². The van der Waals surface area contributed by atoms with E-state index in [2.05, 4.69) is 18.3 Å². The summed E-state index contributed by atoms with van der Waals surface area (Å²) in [5, 5.41) is 11.8. The van der Waals surface area contributed by atoms with Gasteiger partial charge in [-0.15, -0.1) is 0 Å². The molecule has 1 rings (SSSR count). The number of carbonyl (C=O) groups excluding carboxylic acids is 1. The van der Waals surface area contributed by atoms with Gasteiger partial charge in [0.2, 0.25) is 5.91 Å². The second-order valence-corrected chi connectivity index (χ2v) is 4.70. The van der Waals surface area contributed by atoms with Crippen LogP contribution in [0.5, 0.6) is 0 Å². The lowest BCUT2D eigenvalue weighted by atomic mass is 9.87. The van der Waals surface area contributed by atoms with Crippen molar-refractivity contribution in [2.24, 2.45) is 5.92 Å². The maximum atomic E-state index is 11.6. The van der Waals surface area contributed by atoms with E-state index in [1.165, 1.54) is 0 Å². The van der Waals surface area contributed by atoms with E-state index in [1.807, 2.05) is 0 Å². The highest BCUT2D eigenvalue weighted by atomic mass is 16.1. The number of hydrogen-bond acceptors (Lipinski definition) is 2. The Bertz CT molecular complexity index is 249. The van der Waals surface area contributed by atoms with Gasteiger partial charge in [0.25, 0.3) is 0 Å². The number of nitrogens with zero attached hydrogens (tertiary/aromatic N) is 1. The molecule has 0 aliphatic heterocycles. The van der Waals surface area contributed by atoms with Gasteiger partial charge in [-0.2, -0.15) is 5.26 Å². The molecule has 0 aromatic heterocycles. The van der Waals surface area contributed by atoms with Crippen molar-refractivity contribution in [1.82, 2.24) is 5.32 Å². The summed E-state index contributed by atoms with van der Waals surface area (Å²) in [6.45, 7) is 2.14. The van der Waals surface area contributed by atoms with Gasteiger partial charge in [0, 0.05) is 18.4 Å². The first-order chi connectivity index (χ1) is 7.76. The summed E-state index contributed by atoms with van der Waals surface area (Å²) in [7, 11) is 0. The van der Waals surface area contributed by atoms with Crippen LogP contribution in [-0.2, 0) is 4.79 Å². The molecule has 0 bridgehead atoms. The van der Waals surface area contributed by atoms with Crippen LogP contribution in [0.2, 0.25) is 0 Å². The molecular weight excluding hydrogens is 200 g/mol. The first-order valence-corrected chi connectivity index (χ1v) is 6.45. The van der Waals surface area contributed by atoms with E-state index in [-0.39, 0.29) is 11.8 Å². The quantitative estimate of drug-likeness (QED) is 0.727. The molecule has 3 heteroatoms. The average molecular weight is 222 g/mol. The van der Waals surface area contributed by atoms with Crippen molar-refractivity contribution in [2.75, 3.05) is 0 Å². The molecule has 0 heterocycles. The molecule has 90 valence electrons. The predicted molar refractivity (Wildman–Crippen MR) is 63.6 cm³/mol. The van der Waals surface area contributed by atoms with Gasteiger partial charge >= 0.3 is 0 Å². The largest absolute Gasteiger partial charge is 0.353 e. The number of amides is 1. The van der Waals surface area contributed by atoms with Crippen LogP contribution in [0.4, 0.5) is 0 Å². The fraction of sp³-hybridized carbons (Fsp3) is 0.846.